The Morgan fingerprint density at radius 1 is 0.613 bits per heavy atom. The van der Waals surface area contributed by atoms with Crippen LogP contribution in [0.2, 0.25) is 10.0 Å². The Labute approximate surface area is 192 Å². The van der Waals surface area contributed by atoms with E-state index < -0.39 is 30.5 Å². The zero-order chi connectivity index (χ0) is 22.1. The zero-order valence-corrected chi connectivity index (χ0v) is 19.7. The summed E-state index contributed by atoms with van der Waals surface area (Å²) in [4.78, 5) is 1.20. The third-order valence-electron chi connectivity index (χ3n) is 7.03. The van der Waals surface area contributed by atoms with Gasteiger partial charge in [0, 0.05) is 30.7 Å². The number of rotatable bonds is 4. The van der Waals surface area contributed by atoms with Crippen molar-refractivity contribution >= 4 is 42.9 Å². The normalized spacial score (nSPS) is 27.5. The molecule has 31 heavy (non-hydrogen) atoms. The molecule has 1 saturated carbocycles. The molecule has 0 bridgehead atoms. The van der Waals surface area contributed by atoms with Crippen molar-refractivity contribution in [3.63, 3.8) is 0 Å². The van der Waals surface area contributed by atoms with Crippen molar-refractivity contribution in [2.24, 2.45) is 10.8 Å². The number of benzene rings is 2. The molecular weight excluding hydrogens is 475 g/mol. The molecule has 0 heterocycles. The van der Waals surface area contributed by atoms with Crippen molar-refractivity contribution in [1.82, 2.24) is 0 Å². The number of halogens is 2. The van der Waals surface area contributed by atoms with Crippen LogP contribution in [-0.4, -0.2) is 16.8 Å². The lowest BCUT2D eigenvalue weighted by atomic mass is 9.70. The molecule has 2 atom stereocenters. The van der Waals surface area contributed by atoms with E-state index in [1.54, 1.807) is 24.3 Å². The molecule has 0 aromatic heterocycles. The highest BCUT2D eigenvalue weighted by Gasteiger charge is 2.62. The first-order valence-corrected chi connectivity index (χ1v) is 13.8. The van der Waals surface area contributed by atoms with Crippen LogP contribution < -0.4 is 0 Å². The Balaban J connectivity index is 1.53. The van der Waals surface area contributed by atoms with Gasteiger partial charge in [-0.1, -0.05) is 41.8 Å². The largest absolute Gasteiger partial charge is 0.219 e. The van der Waals surface area contributed by atoms with Gasteiger partial charge in [-0.25, -0.2) is 16.8 Å². The minimum atomic E-state index is -3.65. The van der Waals surface area contributed by atoms with Crippen LogP contribution in [0.4, 0.5) is 0 Å². The van der Waals surface area contributed by atoms with Crippen LogP contribution in [0, 0.1) is 10.8 Å². The quantitative estimate of drug-likeness (QED) is 0.524. The summed E-state index contributed by atoms with van der Waals surface area (Å²) in [5, 5.41) is 0.954. The van der Waals surface area contributed by atoms with Gasteiger partial charge in [-0.05, 0) is 74.2 Å². The molecule has 162 valence electrons. The summed E-state index contributed by atoms with van der Waals surface area (Å²) in [6.07, 6.45) is 6.88. The van der Waals surface area contributed by atoms with Crippen LogP contribution in [0.1, 0.15) is 32.1 Å². The van der Waals surface area contributed by atoms with Gasteiger partial charge in [-0.3, -0.25) is 0 Å². The molecule has 0 unspecified atom stereocenters. The van der Waals surface area contributed by atoms with Gasteiger partial charge in [0.15, 0.2) is 0 Å². The molecule has 2 aromatic rings. The second-order valence-corrected chi connectivity index (χ2v) is 13.5. The highest BCUT2D eigenvalue weighted by atomic mass is 35.5. The maximum absolute atomic E-state index is 13.3. The predicted molar refractivity (Wildman–Crippen MR) is 121 cm³/mol. The molecule has 3 aliphatic carbocycles. The fourth-order valence-electron chi connectivity index (χ4n) is 5.50. The van der Waals surface area contributed by atoms with Crippen molar-refractivity contribution in [3.8, 4) is 0 Å². The highest BCUT2D eigenvalue weighted by Crippen LogP contribution is 2.70. The first-order chi connectivity index (χ1) is 14.6. The molecule has 2 aromatic carbocycles. The summed E-state index contributed by atoms with van der Waals surface area (Å²) in [5.41, 5.74) is -0.923. The van der Waals surface area contributed by atoms with E-state index in [0.29, 0.717) is 32.7 Å². The topological polar surface area (TPSA) is 68.3 Å². The third-order valence-corrected chi connectivity index (χ3v) is 11.2. The van der Waals surface area contributed by atoms with Gasteiger partial charge < -0.3 is 0 Å². The monoisotopic (exact) mass is 494 g/mol. The predicted octanol–water partition coefficient (Wildman–Crippen LogP) is 5.97. The maximum atomic E-state index is 13.3. The smallest absolute Gasteiger partial charge is 0.202 e. The van der Waals surface area contributed by atoms with Crippen molar-refractivity contribution in [2.75, 3.05) is 0 Å². The molecule has 0 saturated heterocycles. The second kappa shape index (κ2) is 6.95. The second-order valence-electron chi connectivity index (χ2n) is 8.66. The molecule has 0 N–H and O–H groups in total. The van der Waals surface area contributed by atoms with E-state index in [1.807, 2.05) is 12.2 Å². The van der Waals surface area contributed by atoms with E-state index in [2.05, 4.69) is 0 Å². The first-order valence-electron chi connectivity index (χ1n) is 10.0. The number of allylic oxidation sites excluding steroid dienone is 4. The third kappa shape index (κ3) is 3.14. The van der Waals surface area contributed by atoms with Gasteiger partial charge in [0.2, 0.25) is 19.7 Å². The molecule has 0 amide bonds. The summed E-state index contributed by atoms with van der Waals surface area (Å²) >= 11 is 11.8. The standard InChI is InChI=1S/C23H20Cl2O4S2/c24-16-2-6-18(7-3-16)30(26,27)20-12-22-10-1-11-23(22,13-20)15-21(14-22)31(28,29)19-8-4-17(25)5-9-19/h2-9,12,15H,1,10-11,13-14H2/t22-,23-. The minimum absolute atomic E-state index is 0.215. The molecule has 0 spiro atoms. The summed E-state index contributed by atoms with van der Waals surface area (Å²) in [6.45, 7) is 0. The molecular formula is C23H20Cl2O4S2. The van der Waals surface area contributed by atoms with E-state index in [-0.39, 0.29) is 9.79 Å². The number of hydrogen-bond donors (Lipinski definition) is 0. The summed E-state index contributed by atoms with van der Waals surface area (Å²) in [7, 11) is -7.30. The van der Waals surface area contributed by atoms with Gasteiger partial charge in [-0.15, -0.1) is 0 Å². The van der Waals surface area contributed by atoms with Crippen molar-refractivity contribution < 1.29 is 16.8 Å². The zero-order valence-electron chi connectivity index (χ0n) is 16.5. The molecule has 3 aliphatic rings. The van der Waals surface area contributed by atoms with Crippen molar-refractivity contribution in [1.29, 1.82) is 0 Å². The first kappa shape index (κ1) is 21.3. The molecule has 0 aliphatic heterocycles. The number of sulfone groups is 2. The van der Waals surface area contributed by atoms with Gasteiger partial charge in [-0.2, -0.15) is 0 Å². The van der Waals surface area contributed by atoms with Crippen LogP contribution in [0.15, 0.2) is 80.3 Å². The SMILES string of the molecule is O=S(=O)(C1=C[C@]23CCC[C@@]2(C=C(S(=O)(=O)c2ccc(Cl)cc2)C3)C1)c1ccc(Cl)cc1. The highest BCUT2D eigenvalue weighted by molar-refractivity contribution is 7.95. The summed E-state index contributed by atoms with van der Waals surface area (Å²) in [5.74, 6) is 0. The fourth-order valence-corrected chi connectivity index (χ4v) is 9.00. The van der Waals surface area contributed by atoms with Crippen molar-refractivity contribution in [3.05, 3.63) is 80.5 Å². The van der Waals surface area contributed by atoms with E-state index in [0.717, 1.165) is 19.3 Å². The van der Waals surface area contributed by atoms with Crippen LogP contribution in [0.5, 0.6) is 0 Å². The molecule has 5 rings (SSSR count). The lowest BCUT2D eigenvalue weighted by Crippen LogP contribution is -2.26. The fraction of sp³-hybridized carbons (Fsp3) is 0.304. The summed E-state index contributed by atoms with van der Waals surface area (Å²) < 4.78 is 53.1. The van der Waals surface area contributed by atoms with E-state index in [4.69, 9.17) is 23.2 Å². The Kier molecular flexibility index (Phi) is 4.76. The van der Waals surface area contributed by atoms with Gasteiger partial charge in [0.05, 0.1) is 9.79 Å². The number of hydrogen-bond acceptors (Lipinski definition) is 4. The average Bonchev–Trinajstić information content (AvgIpc) is 3.29. The molecule has 0 radical (unpaired) electrons. The molecule has 1 fully saturated rings. The van der Waals surface area contributed by atoms with Crippen LogP contribution >= 0.6 is 23.2 Å². The van der Waals surface area contributed by atoms with Crippen molar-refractivity contribution in [2.45, 2.75) is 41.9 Å². The van der Waals surface area contributed by atoms with Gasteiger partial charge in [0.25, 0.3) is 0 Å². The van der Waals surface area contributed by atoms with Gasteiger partial charge >= 0.3 is 0 Å². The van der Waals surface area contributed by atoms with Gasteiger partial charge in [0.1, 0.15) is 0 Å². The van der Waals surface area contributed by atoms with E-state index in [9.17, 15) is 16.8 Å². The van der Waals surface area contributed by atoms with E-state index in [1.165, 1.54) is 24.3 Å². The van der Waals surface area contributed by atoms with Crippen LogP contribution in [-0.2, 0) is 19.7 Å². The maximum Gasteiger partial charge on any atom is 0.202 e. The lowest BCUT2D eigenvalue weighted by Gasteiger charge is -2.32. The lowest BCUT2D eigenvalue weighted by molar-refractivity contribution is 0.230. The Bertz CT molecular complexity index is 1240. The molecule has 4 nitrogen and oxygen atoms in total. The molecule has 8 heteroatoms. The van der Waals surface area contributed by atoms with Crippen LogP contribution in [0.3, 0.4) is 0 Å². The Morgan fingerprint density at radius 2 is 0.968 bits per heavy atom. The van der Waals surface area contributed by atoms with E-state index >= 15 is 0 Å². The Hall–Kier alpha value is -1.60. The summed E-state index contributed by atoms with van der Waals surface area (Å²) in [6, 6.07) is 12.3. The average molecular weight is 495 g/mol. The minimum Gasteiger partial charge on any atom is -0.219 e. The van der Waals surface area contributed by atoms with Crippen LogP contribution in [0.25, 0.3) is 0 Å². The Morgan fingerprint density at radius 3 is 1.32 bits per heavy atom.